The van der Waals surface area contributed by atoms with E-state index in [-0.39, 0.29) is 18.1 Å². The van der Waals surface area contributed by atoms with Gasteiger partial charge in [0.05, 0.1) is 28.3 Å². The molecule has 1 aliphatic heterocycles. The van der Waals surface area contributed by atoms with E-state index in [0.29, 0.717) is 44.0 Å². The zero-order chi connectivity index (χ0) is 22.9. The highest BCUT2D eigenvalue weighted by Gasteiger charge is 2.39. The van der Waals surface area contributed by atoms with Gasteiger partial charge in [-0.2, -0.15) is 5.26 Å². The molecule has 1 saturated carbocycles. The number of nitrogens with zero attached hydrogens (tertiary/aromatic N) is 4. The predicted octanol–water partition coefficient (Wildman–Crippen LogP) is 4.40. The third-order valence-corrected chi connectivity index (χ3v) is 6.28. The summed E-state index contributed by atoms with van der Waals surface area (Å²) in [5.74, 6) is 0.622. The summed E-state index contributed by atoms with van der Waals surface area (Å²) in [6.07, 6.45) is 4.08. The normalized spacial score (nSPS) is 22.1. The van der Waals surface area contributed by atoms with E-state index < -0.39 is 0 Å². The SMILES string of the molecule is CC(C)Oc1c(C#N)cnc2ccc(/C=C3\SC(=NC4C[C@H]4c4ccccc4)NC3=O)nc12. The van der Waals surface area contributed by atoms with Crippen molar-refractivity contribution in [3.05, 3.63) is 70.4 Å². The highest BCUT2D eigenvalue weighted by Crippen LogP contribution is 2.44. The summed E-state index contributed by atoms with van der Waals surface area (Å²) in [7, 11) is 0. The van der Waals surface area contributed by atoms with Gasteiger partial charge in [-0.1, -0.05) is 30.3 Å². The number of fused-ring (bicyclic) bond motifs is 1. The zero-order valence-electron chi connectivity index (χ0n) is 18.1. The second-order valence-corrected chi connectivity index (χ2v) is 9.23. The first kappa shape index (κ1) is 21.2. The molecular formula is C25H21N5O2S. The fraction of sp³-hybridized carbons (Fsp3) is 0.240. The number of amidine groups is 1. The van der Waals surface area contributed by atoms with Gasteiger partial charge in [0.25, 0.3) is 5.91 Å². The van der Waals surface area contributed by atoms with Crippen LogP contribution in [0.5, 0.6) is 5.75 Å². The lowest BCUT2D eigenvalue weighted by Crippen LogP contribution is -2.20. The minimum absolute atomic E-state index is 0.122. The molecule has 5 rings (SSSR count). The first-order chi connectivity index (χ1) is 16.0. The molecule has 2 aliphatic rings. The second-order valence-electron chi connectivity index (χ2n) is 8.20. The van der Waals surface area contributed by atoms with Crippen LogP contribution < -0.4 is 10.1 Å². The molecule has 1 saturated heterocycles. The summed E-state index contributed by atoms with van der Waals surface area (Å²) in [6.45, 7) is 3.78. The van der Waals surface area contributed by atoms with Gasteiger partial charge < -0.3 is 10.1 Å². The second kappa shape index (κ2) is 8.68. The van der Waals surface area contributed by atoms with E-state index in [1.54, 1.807) is 12.1 Å². The van der Waals surface area contributed by atoms with Crippen molar-refractivity contribution in [1.29, 1.82) is 5.26 Å². The molecule has 2 fully saturated rings. The quantitative estimate of drug-likeness (QED) is 0.572. The van der Waals surface area contributed by atoms with Gasteiger partial charge in [0.1, 0.15) is 17.1 Å². The average molecular weight is 456 g/mol. The standard InChI is InChI=1S/C25H21N5O2S/c1-14(2)32-23-16(12-26)13-27-19-9-8-17(28-22(19)23)10-21-24(31)30-25(33-21)29-20-11-18(20)15-6-4-3-5-7-15/h3-10,13-14,18,20H,11H2,1-2H3,(H,29,30,31)/b21-10-/t18-,20?/m0/s1. The molecule has 2 aromatic heterocycles. The number of ether oxygens (including phenoxy) is 1. The van der Waals surface area contributed by atoms with Gasteiger partial charge in [-0.15, -0.1) is 0 Å². The summed E-state index contributed by atoms with van der Waals surface area (Å²) >= 11 is 1.32. The maximum absolute atomic E-state index is 12.5. The first-order valence-corrected chi connectivity index (χ1v) is 11.5. The Morgan fingerprint density at radius 2 is 2.09 bits per heavy atom. The van der Waals surface area contributed by atoms with E-state index in [1.165, 1.54) is 23.5 Å². The summed E-state index contributed by atoms with van der Waals surface area (Å²) in [5.41, 5.74) is 3.31. The number of amides is 1. The molecule has 0 spiro atoms. The van der Waals surface area contributed by atoms with E-state index in [0.717, 1.165) is 6.42 Å². The minimum atomic E-state index is -0.194. The van der Waals surface area contributed by atoms with Crippen molar-refractivity contribution in [3.8, 4) is 11.8 Å². The highest BCUT2D eigenvalue weighted by atomic mass is 32.2. The van der Waals surface area contributed by atoms with E-state index >= 15 is 0 Å². The molecule has 7 nitrogen and oxygen atoms in total. The molecule has 8 heteroatoms. The molecule has 0 radical (unpaired) electrons. The van der Waals surface area contributed by atoms with Crippen molar-refractivity contribution in [2.24, 2.45) is 4.99 Å². The number of benzene rings is 1. The number of carbonyl (C=O) groups is 1. The highest BCUT2D eigenvalue weighted by molar-refractivity contribution is 8.18. The van der Waals surface area contributed by atoms with Gasteiger partial charge in [0.2, 0.25) is 0 Å². The zero-order valence-corrected chi connectivity index (χ0v) is 19.0. The van der Waals surface area contributed by atoms with Gasteiger partial charge in [0, 0.05) is 12.1 Å². The Morgan fingerprint density at radius 1 is 1.27 bits per heavy atom. The fourth-order valence-corrected chi connectivity index (χ4v) is 4.59. The van der Waals surface area contributed by atoms with Gasteiger partial charge >= 0.3 is 0 Å². The Kier molecular flexibility index (Phi) is 5.56. The van der Waals surface area contributed by atoms with Crippen LogP contribution in [0.25, 0.3) is 17.1 Å². The molecule has 2 atom stereocenters. The monoisotopic (exact) mass is 455 g/mol. The lowest BCUT2D eigenvalue weighted by Gasteiger charge is -2.13. The largest absolute Gasteiger partial charge is 0.487 e. The molecule has 3 aromatic rings. The molecule has 164 valence electrons. The summed E-state index contributed by atoms with van der Waals surface area (Å²) in [4.78, 5) is 26.7. The minimum Gasteiger partial charge on any atom is -0.487 e. The van der Waals surface area contributed by atoms with Crippen molar-refractivity contribution in [2.75, 3.05) is 0 Å². The van der Waals surface area contributed by atoms with Crippen LogP contribution in [-0.2, 0) is 4.79 Å². The molecule has 1 unspecified atom stereocenters. The third-order valence-electron chi connectivity index (χ3n) is 5.36. The molecule has 1 N–H and O–H groups in total. The van der Waals surface area contributed by atoms with Gasteiger partial charge in [-0.05, 0) is 55.8 Å². The van der Waals surface area contributed by atoms with Gasteiger partial charge in [-0.3, -0.25) is 14.8 Å². The molecule has 1 aromatic carbocycles. The van der Waals surface area contributed by atoms with Crippen molar-refractivity contribution >= 4 is 39.9 Å². The Balaban J connectivity index is 1.39. The summed E-state index contributed by atoms with van der Waals surface area (Å²) < 4.78 is 5.86. The van der Waals surface area contributed by atoms with E-state index in [2.05, 4.69) is 33.5 Å². The summed E-state index contributed by atoms with van der Waals surface area (Å²) in [6, 6.07) is 16.2. The van der Waals surface area contributed by atoms with Crippen molar-refractivity contribution < 1.29 is 9.53 Å². The number of nitriles is 1. The third kappa shape index (κ3) is 4.45. The Bertz CT molecular complexity index is 1340. The molecule has 3 heterocycles. The number of aromatic nitrogens is 2. The van der Waals surface area contributed by atoms with Crippen LogP contribution in [-0.4, -0.2) is 33.2 Å². The van der Waals surface area contributed by atoms with Crippen LogP contribution in [0.4, 0.5) is 0 Å². The number of thioether (sulfide) groups is 1. The van der Waals surface area contributed by atoms with Crippen molar-refractivity contribution in [1.82, 2.24) is 15.3 Å². The number of aliphatic imine (C=N–C) groups is 1. The van der Waals surface area contributed by atoms with Crippen LogP contribution in [0.3, 0.4) is 0 Å². The Labute approximate surface area is 195 Å². The Hall–Kier alpha value is -3.70. The number of hydrogen-bond acceptors (Lipinski definition) is 7. The maximum atomic E-state index is 12.5. The van der Waals surface area contributed by atoms with E-state index in [4.69, 9.17) is 9.73 Å². The molecule has 0 bridgehead atoms. The topological polar surface area (TPSA) is 100 Å². The van der Waals surface area contributed by atoms with Crippen LogP contribution in [0, 0.1) is 11.3 Å². The number of pyridine rings is 2. The predicted molar refractivity (Wildman–Crippen MR) is 129 cm³/mol. The van der Waals surface area contributed by atoms with Crippen LogP contribution in [0.2, 0.25) is 0 Å². The molecule has 33 heavy (non-hydrogen) atoms. The van der Waals surface area contributed by atoms with E-state index in [1.807, 2.05) is 38.1 Å². The van der Waals surface area contributed by atoms with Crippen molar-refractivity contribution in [2.45, 2.75) is 38.3 Å². The summed E-state index contributed by atoms with van der Waals surface area (Å²) in [5, 5.41) is 12.9. The van der Waals surface area contributed by atoms with E-state index in [9.17, 15) is 10.1 Å². The molecule has 1 amide bonds. The fourth-order valence-electron chi connectivity index (χ4n) is 3.73. The smallest absolute Gasteiger partial charge is 0.264 e. The van der Waals surface area contributed by atoms with Gasteiger partial charge in [0.15, 0.2) is 10.9 Å². The first-order valence-electron chi connectivity index (χ1n) is 10.7. The molecule has 1 aliphatic carbocycles. The van der Waals surface area contributed by atoms with Crippen molar-refractivity contribution in [3.63, 3.8) is 0 Å². The van der Waals surface area contributed by atoms with Crippen LogP contribution in [0.1, 0.15) is 43.0 Å². The number of rotatable bonds is 5. The maximum Gasteiger partial charge on any atom is 0.264 e. The van der Waals surface area contributed by atoms with Crippen LogP contribution in [0.15, 0.2) is 58.6 Å². The number of hydrogen-bond donors (Lipinski definition) is 1. The average Bonchev–Trinajstić information content (AvgIpc) is 3.49. The lowest BCUT2D eigenvalue weighted by molar-refractivity contribution is -0.115. The number of carbonyl (C=O) groups excluding carboxylic acids is 1. The van der Waals surface area contributed by atoms with Crippen LogP contribution >= 0.6 is 11.8 Å². The Morgan fingerprint density at radius 3 is 2.85 bits per heavy atom. The van der Waals surface area contributed by atoms with Gasteiger partial charge in [-0.25, -0.2) is 4.98 Å². The molecular weight excluding hydrogens is 434 g/mol. The number of nitrogens with one attached hydrogen (secondary N) is 1. The lowest BCUT2D eigenvalue weighted by atomic mass is 10.1.